The van der Waals surface area contributed by atoms with E-state index in [1.165, 1.54) is 77.9 Å². The van der Waals surface area contributed by atoms with Gasteiger partial charge in [-0.15, -0.1) is 0 Å². The van der Waals surface area contributed by atoms with Crippen molar-refractivity contribution in [2.45, 2.75) is 10.8 Å². The second kappa shape index (κ2) is 24.5. The van der Waals surface area contributed by atoms with Gasteiger partial charge in [-0.2, -0.15) is 10.5 Å². The molecule has 0 bridgehead atoms. The second-order valence-corrected chi connectivity index (χ2v) is 29.5. The highest BCUT2D eigenvalue weighted by atomic mass is 16.3. The quantitative estimate of drug-likeness (QED) is 0.154. The molecule has 4 aliphatic carbocycles. The van der Waals surface area contributed by atoms with Crippen LogP contribution < -0.4 is 0 Å². The molecule has 4 aromatic heterocycles. The van der Waals surface area contributed by atoms with E-state index in [-0.39, 0.29) is 0 Å². The van der Waals surface area contributed by atoms with Crippen LogP contribution in [0.1, 0.15) is 55.6 Å². The zero-order chi connectivity index (χ0) is 74.6. The predicted octanol–water partition coefficient (Wildman–Crippen LogP) is 25.1. The molecule has 9 nitrogen and oxygen atoms in total. The first-order valence-electron chi connectivity index (χ1n) is 38.0. The van der Waals surface area contributed by atoms with Crippen LogP contribution in [-0.4, -0.2) is 24.5 Å². The van der Waals surface area contributed by atoms with E-state index in [0.717, 1.165) is 122 Å². The van der Waals surface area contributed by atoms with Crippen LogP contribution in [0.4, 0.5) is 0 Å². The Balaban J connectivity index is 0.000000135. The molecular weight excluding hydrogens is 1380 g/mol. The van der Waals surface area contributed by atoms with Gasteiger partial charge in [0.1, 0.15) is 28.2 Å². The van der Waals surface area contributed by atoms with Crippen molar-refractivity contribution in [1.29, 1.82) is 10.5 Å². The molecule has 2 spiro atoms. The van der Waals surface area contributed by atoms with Crippen LogP contribution in [0.2, 0.25) is 0 Å². The third-order valence-corrected chi connectivity index (χ3v) is 23.9. The molecule has 9 heteroatoms. The largest absolute Gasteiger partial charge is 0.456 e. The van der Waals surface area contributed by atoms with Crippen LogP contribution in [-0.2, 0) is 10.8 Å². The molecule has 0 saturated carbocycles. The molecule has 4 heterocycles. The first-order valence-corrected chi connectivity index (χ1v) is 38.0. The Morgan fingerprint density at radius 2 is 0.681 bits per heavy atom. The summed E-state index contributed by atoms with van der Waals surface area (Å²) in [4.78, 5) is 20.1. The van der Waals surface area contributed by atoms with Gasteiger partial charge in [0.15, 0.2) is 17.5 Å². The maximum Gasteiger partial charge on any atom is 0.164 e. The van der Waals surface area contributed by atoms with E-state index in [1.54, 1.807) is 0 Å². The van der Waals surface area contributed by atoms with Crippen LogP contribution in [0.5, 0.6) is 0 Å². The number of nitrogens with zero attached hydrogens (tertiary/aromatic N) is 7. The van der Waals surface area contributed by atoms with Gasteiger partial charge in [-0.05, 0) is 190 Å². The van der Waals surface area contributed by atoms with Gasteiger partial charge in [0.05, 0.1) is 45.1 Å². The lowest BCUT2D eigenvalue weighted by Gasteiger charge is -2.30. The molecule has 0 amide bonds. The molecule has 0 radical (unpaired) electrons. The van der Waals surface area contributed by atoms with E-state index >= 15 is 0 Å². The zero-order valence-electron chi connectivity index (χ0n) is 60.5. The molecule has 0 saturated heterocycles. The predicted molar refractivity (Wildman–Crippen MR) is 450 cm³/mol. The minimum Gasteiger partial charge on any atom is -0.456 e. The van der Waals surface area contributed by atoms with E-state index in [1.807, 2.05) is 103 Å². The van der Waals surface area contributed by atoms with Crippen molar-refractivity contribution in [3.05, 3.63) is 414 Å². The van der Waals surface area contributed by atoms with E-state index in [9.17, 15) is 10.5 Å². The number of nitriles is 2. The van der Waals surface area contributed by atoms with Crippen LogP contribution in [0, 0.1) is 22.7 Å². The summed E-state index contributed by atoms with van der Waals surface area (Å²) < 4.78 is 15.4. The molecule has 0 aliphatic heterocycles. The summed E-state index contributed by atoms with van der Waals surface area (Å²) >= 11 is 0. The lowest BCUT2D eigenvalue weighted by atomic mass is 9.70. The van der Waals surface area contributed by atoms with Gasteiger partial charge in [0.2, 0.25) is 0 Å². The Bertz CT molecular complexity index is 7410. The summed E-state index contributed by atoms with van der Waals surface area (Å²) in [6.45, 7) is 0. The van der Waals surface area contributed by atoms with Crippen LogP contribution >= 0.6 is 0 Å². The van der Waals surface area contributed by atoms with Crippen molar-refractivity contribution >= 4 is 54.9 Å². The lowest BCUT2D eigenvalue weighted by molar-refractivity contribution is 0.668. The monoisotopic (exact) mass is 1440 g/mol. The average Bonchev–Trinajstić information content (AvgIpc) is 1.50. The van der Waals surface area contributed by atoms with Crippen molar-refractivity contribution in [2.75, 3.05) is 0 Å². The summed E-state index contributed by atoms with van der Waals surface area (Å²) in [5, 5.41) is 23.9. The molecule has 113 heavy (non-hydrogen) atoms. The first-order chi connectivity index (χ1) is 55.9. The fourth-order valence-corrected chi connectivity index (χ4v) is 19.3. The van der Waals surface area contributed by atoms with Gasteiger partial charge in [0.25, 0.3) is 0 Å². The minimum absolute atomic E-state index is 0.570. The van der Waals surface area contributed by atoms with E-state index in [0.29, 0.717) is 28.6 Å². The average molecular weight is 1440 g/mol. The summed E-state index contributed by atoms with van der Waals surface area (Å²) in [6, 6.07) is 130. The smallest absolute Gasteiger partial charge is 0.164 e. The Kier molecular flexibility index (Phi) is 13.8. The lowest BCUT2D eigenvalue weighted by Crippen LogP contribution is -2.25. The Morgan fingerprint density at radius 3 is 1.27 bits per heavy atom. The summed E-state index contributed by atoms with van der Waals surface area (Å²) in [7, 11) is 0. The van der Waals surface area contributed by atoms with Crippen molar-refractivity contribution in [3.8, 4) is 130 Å². The van der Waals surface area contributed by atoms with Crippen LogP contribution in [0.15, 0.2) is 367 Å². The van der Waals surface area contributed by atoms with Crippen molar-refractivity contribution in [1.82, 2.24) is 24.5 Å². The molecule has 0 fully saturated rings. The third-order valence-electron chi connectivity index (χ3n) is 23.9. The zero-order valence-corrected chi connectivity index (χ0v) is 60.5. The van der Waals surface area contributed by atoms with Gasteiger partial charge >= 0.3 is 0 Å². The first kappa shape index (κ1) is 63.7. The number of rotatable bonds is 7. The molecule has 4 aliphatic rings. The molecule has 1 atom stereocenters. The molecule has 1 unspecified atom stereocenters. The van der Waals surface area contributed by atoms with Gasteiger partial charge in [-0.1, -0.05) is 279 Å². The highest BCUT2D eigenvalue weighted by Crippen LogP contribution is 2.67. The van der Waals surface area contributed by atoms with Crippen molar-refractivity contribution < 1.29 is 8.83 Å². The highest BCUT2D eigenvalue weighted by Gasteiger charge is 2.54. The number of aromatic nitrogens is 5. The molecule has 24 rings (SSSR count). The van der Waals surface area contributed by atoms with Crippen molar-refractivity contribution in [2.24, 2.45) is 0 Å². The number of benzene rings is 16. The molecule has 20 aromatic rings. The molecular formula is C104H59N7O2. The summed E-state index contributed by atoms with van der Waals surface area (Å²) in [6.07, 6.45) is 0. The molecule has 0 N–H and O–H groups in total. The maximum atomic E-state index is 10.3. The Hall–Kier alpha value is -15.4. The van der Waals surface area contributed by atoms with Crippen molar-refractivity contribution in [3.63, 3.8) is 0 Å². The topological polar surface area (TPSA) is 130 Å². The number of fused-ring (bicyclic) bond motifs is 29. The van der Waals surface area contributed by atoms with E-state index in [4.69, 9.17) is 28.8 Å². The van der Waals surface area contributed by atoms with Crippen LogP contribution in [0.3, 0.4) is 0 Å². The Morgan fingerprint density at radius 1 is 0.265 bits per heavy atom. The van der Waals surface area contributed by atoms with E-state index in [2.05, 4.69) is 271 Å². The number of imidazole rings is 1. The Labute approximate surface area is 649 Å². The minimum atomic E-state index is -0.571. The standard InChI is InChI=1S/C53H30N4O.C51H29N3O/c54-31-37-16-11-21-45-47(37)49-46(58-45)29-28-43-48(49)40-27-26-36(30-44(40)53(43)41-19-9-7-17-38(41)39-18-8-10-20-42(39)53)32-22-24-35(25-23-32)52-56-50(33-12-3-1-4-13-33)55-51(57-52)34-14-5-2-6-15-34;52-30-31-21-23-32(24-22-31)35-15-10-20-45-48(35)49-46(55-45)28-27-41-47(49)38-14-5-7-17-40(38)51(41)39-16-6-4-13-36(39)37-26-25-33(29-42(37)51)50-53-43-18-8-9-19-44(43)54(50)34-11-2-1-3-12-34/h1-30H;1-29H. The fourth-order valence-electron chi connectivity index (χ4n) is 19.3. The second-order valence-electron chi connectivity index (χ2n) is 29.5. The van der Waals surface area contributed by atoms with Gasteiger partial charge in [0, 0.05) is 49.5 Å². The van der Waals surface area contributed by atoms with Crippen LogP contribution in [0.25, 0.3) is 173 Å². The highest BCUT2D eigenvalue weighted by molar-refractivity contribution is 6.21. The maximum absolute atomic E-state index is 10.3. The number of hydrogen-bond acceptors (Lipinski definition) is 8. The fraction of sp³-hybridized carbons (Fsp3) is 0.0192. The normalized spacial score (nSPS) is 13.9. The third kappa shape index (κ3) is 9.13. The summed E-state index contributed by atoms with van der Waals surface area (Å²) in [5.41, 5.74) is 34.3. The van der Waals surface area contributed by atoms with E-state index < -0.39 is 10.8 Å². The number of para-hydroxylation sites is 3. The molecule has 16 aromatic carbocycles. The SMILES string of the molecule is N#Cc1ccc(-c2cccc3oc4ccc5c(c4c23)-c2ccccc2C52c3ccccc3-c3ccc(-c4nc5ccccc5n4-c4ccccc4)cc32)cc1.N#Cc1cccc2oc3ccc4c(c3c12)-c1ccc(-c2ccc(-c3nc(-c5ccccc5)nc(-c5ccccc5)n3)cc2)cc1C41c2ccccc2-c2ccccc21. The van der Waals surface area contributed by atoms with Gasteiger partial charge in [-0.25, -0.2) is 19.9 Å². The number of furan rings is 2. The summed E-state index contributed by atoms with van der Waals surface area (Å²) in [5.74, 6) is 2.80. The molecule has 522 valence electrons. The van der Waals surface area contributed by atoms with Gasteiger partial charge in [-0.3, -0.25) is 4.57 Å². The van der Waals surface area contributed by atoms with Gasteiger partial charge < -0.3 is 8.83 Å². The number of hydrogen-bond donors (Lipinski definition) is 0.